The lowest BCUT2D eigenvalue weighted by atomic mass is 10.1. The highest BCUT2D eigenvalue weighted by Gasteiger charge is 2.31. The van der Waals surface area contributed by atoms with E-state index in [-0.39, 0.29) is 23.5 Å². The van der Waals surface area contributed by atoms with Gasteiger partial charge in [-0.05, 0) is 37.6 Å². The number of hydrogen-bond acceptors (Lipinski definition) is 6. The molecule has 31 heavy (non-hydrogen) atoms. The van der Waals surface area contributed by atoms with Crippen LogP contribution in [0.2, 0.25) is 0 Å². The summed E-state index contributed by atoms with van der Waals surface area (Å²) < 4.78 is 14.4. The van der Waals surface area contributed by atoms with E-state index < -0.39 is 0 Å². The van der Waals surface area contributed by atoms with E-state index in [1.165, 1.54) is 4.57 Å². The molecular formula is C23H30N4O4. The predicted molar refractivity (Wildman–Crippen MR) is 122 cm³/mol. The Hall–Kier alpha value is -3.00. The minimum Gasteiger partial charge on any atom is -0.490 e. The van der Waals surface area contributed by atoms with Gasteiger partial charge < -0.3 is 19.7 Å². The molecule has 1 fully saturated rings. The van der Waals surface area contributed by atoms with Crippen molar-refractivity contribution in [2.75, 3.05) is 30.5 Å². The van der Waals surface area contributed by atoms with Crippen molar-refractivity contribution in [2.24, 2.45) is 0 Å². The summed E-state index contributed by atoms with van der Waals surface area (Å²) in [5, 5.41) is 3.33. The molecule has 4 rings (SSSR count). The Kier molecular flexibility index (Phi) is 6.18. The number of fused-ring (bicyclic) bond motifs is 1. The van der Waals surface area contributed by atoms with Crippen molar-refractivity contribution in [3.05, 3.63) is 56.7 Å². The van der Waals surface area contributed by atoms with Crippen molar-refractivity contribution in [1.29, 1.82) is 0 Å². The molecule has 8 heteroatoms. The maximum atomic E-state index is 12.9. The lowest BCUT2D eigenvalue weighted by Crippen LogP contribution is -2.41. The fourth-order valence-electron chi connectivity index (χ4n) is 4.15. The molecule has 1 aromatic heterocycles. The highest BCUT2D eigenvalue weighted by atomic mass is 16.5. The normalized spacial score (nSPS) is 18.9. The number of hydrogen-bond donors (Lipinski definition) is 1. The van der Waals surface area contributed by atoms with E-state index in [1.54, 1.807) is 4.57 Å². The van der Waals surface area contributed by atoms with Crippen molar-refractivity contribution in [2.45, 2.75) is 52.0 Å². The monoisotopic (exact) mass is 426 g/mol. The van der Waals surface area contributed by atoms with Crippen LogP contribution in [-0.2, 0) is 17.8 Å². The number of nitrogens with zero attached hydrogens (tertiary/aromatic N) is 3. The lowest BCUT2D eigenvalue weighted by Gasteiger charge is -2.23. The first-order valence-corrected chi connectivity index (χ1v) is 10.9. The third-order valence-corrected chi connectivity index (χ3v) is 5.89. The zero-order valence-electron chi connectivity index (χ0n) is 18.3. The summed E-state index contributed by atoms with van der Waals surface area (Å²) in [6.07, 6.45) is 5.77. The van der Waals surface area contributed by atoms with Crippen molar-refractivity contribution >= 4 is 17.6 Å². The van der Waals surface area contributed by atoms with Crippen molar-refractivity contribution < 1.29 is 9.47 Å². The SMILES string of the molecule is CCn1c2c(c(=O)n(CC)c1=O)N(C)C(/C=C/c1cccc(OC3CCOCC3)c1)N2. The first-order valence-electron chi connectivity index (χ1n) is 10.9. The van der Waals surface area contributed by atoms with Crippen molar-refractivity contribution in [3.8, 4) is 5.75 Å². The number of likely N-dealkylation sites (N-methyl/N-ethyl adjacent to an activating group) is 1. The molecule has 3 heterocycles. The van der Waals surface area contributed by atoms with Gasteiger partial charge >= 0.3 is 5.69 Å². The summed E-state index contributed by atoms with van der Waals surface area (Å²) in [6.45, 7) is 6.04. The molecule has 0 radical (unpaired) electrons. The van der Waals surface area contributed by atoms with Crippen LogP contribution >= 0.6 is 0 Å². The minimum atomic E-state index is -0.280. The Bertz CT molecular complexity index is 1080. The topological polar surface area (TPSA) is 77.7 Å². The van der Waals surface area contributed by atoms with Gasteiger partial charge in [0.05, 0.1) is 13.2 Å². The van der Waals surface area contributed by atoms with E-state index in [1.807, 2.05) is 62.2 Å². The van der Waals surface area contributed by atoms with Crippen molar-refractivity contribution in [1.82, 2.24) is 9.13 Å². The van der Waals surface area contributed by atoms with Gasteiger partial charge in [0.1, 0.15) is 29.5 Å². The fourth-order valence-corrected chi connectivity index (χ4v) is 4.15. The minimum absolute atomic E-state index is 0.191. The second-order valence-corrected chi connectivity index (χ2v) is 7.83. The van der Waals surface area contributed by atoms with Gasteiger partial charge in [-0.1, -0.05) is 18.2 Å². The van der Waals surface area contributed by atoms with Gasteiger partial charge in [0.15, 0.2) is 0 Å². The molecule has 2 aliphatic rings. The summed E-state index contributed by atoms with van der Waals surface area (Å²) in [5.74, 6) is 1.42. The van der Waals surface area contributed by atoms with Gasteiger partial charge in [-0.15, -0.1) is 0 Å². The number of ether oxygens (including phenoxy) is 2. The number of nitrogens with one attached hydrogen (secondary N) is 1. The van der Waals surface area contributed by atoms with Crippen LogP contribution in [0.15, 0.2) is 39.9 Å². The van der Waals surface area contributed by atoms with Crippen LogP contribution in [0.1, 0.15) is 32.3 Å². The molecule has 0 amide bonds. The van der Waals surface area contributed by atoms with Crippen LogP contribution in [0.25, 0.3) is 6.08 Å². The molecule has 2 aromatic rings. The first-order chi connectivity index (χ1) is 15.0. The second kappa shape index (κ2) is 9.01. The standard InChI is InChI=1S/C23H30N4O4/c1-4-26-21-20(22(28)27(5-2)23(26)29)25(3)19(24-21)10-9-16-7-6-8-18(15-16)31-17-11-13-30-14-12-17/h6-10,15,17,19,24H,4-5,11-14H2,1-3H3/b10-9+. The van der Waals surface area contributed by atoms with Crippen LogP contribution in [0, 0.1) is 0 Å². The Labute approximate surface area is 181 Å². The molecule has 166 valence electrons. The van der Waals surface area contributed by atoms with E-state index in [4.69, 9.17) is 9.47 Å². The van der Waals surface area contributed by atoms with E-state index in [0.717, 1.165) is 37.4 Å². The molecule has 0 saturated carbocycles. The largest absolute Gasteiger partial charge is 0.490 e. The summed E-state index contributed by atoms with van der Waals surface area (Å²) in [5.41, 5.74) is 0.992. The zero-order chi connectivity index (χ0) is 22.0. The average molecular weight is 427 g/mol. The highest BCUT2D eigenvalue weighted by Crippen LogP contribution is 2.30. The summed E-state index contributed by atoms with van der Waals surface area (Å²) in [6, 6.07) is 7.97. The van der Waals surface area contributed by atoms with Crippen LogP contribution in [0.3, 0.4) is 0 Å². The molecule has 1 aromatic carbocycles. The smallest absolute Gasteiger partial charge is 0.332 e. The molecule has 8 nitrogen and oxygen atoms in total. The van der Waals surface area contributed by atoms with Gasteiger partial charge in [-0.25, -0.2) is 4.79 Å². The van der Waals surface area contributed by atoms with E-state index in [0.29, 0.717) is 24.6 Å². The molecule has 1 N–H and O–H groups in total. The van der Waals surface area contributed by atoms with Crippen molar-refractivity contribution in [3.63, 3.8) is 0 Å². The van der Waals surface area contributed by atoms with E-state index >= 15 is 0 Å². The molecule has 1 unspecified atom stereocenters. The van der Waals surface area contributed by atoms with Gasteiger partial charge in [0.25, 0.3) is 5.56 Å². The van der Waals surface area contributed by atoms with Gasteiger partial charge in [0, 0.05) is 33.0 Å². The fraction of sp³-hybridized carbons (Fsp3) is 0.478. The van der Waals surface area contributed by atoms with Gasteiger partial charge in [-0.3, -0.25) is 13.9 Å². The van der Waals surface area contributed by atoms with Crippen LogP contribution in [-0.4, -0.2) is 41.7 Å². The van der Waals surface area contributed by atoms with Crippen LogP contribution in [0.4, 0.5) is 11.5 Å². The first kappa shape index (κ1) is 21.2. The van der Waals surface area contributed by atoms with Gasteiger partial charge in [0.2, 0.25) is 0 Å². The maximum absolute atomic E-state index is 12.9. The quantitative estimate of drug-likeness (QED) is 0.765. The van der Waals surface area contributed by atoms with Crippen LogP contribution in [0.5, 0.6) is 5.75 Å². The summed E-state index contributed by atoms with van der Waals surface area (Å²) >= 11 is 0. The summed E-state index contributed by atoms with van der Waals surface area (Å²) in [4.78, 5) is 27.4. The molecule has 1 atom stereocenters. The van der Waals surface area contributed by atoms with Gasteiger partial charge in [-0.2, -0.15) is 0 Å². The third-order valence-electron chi connectivity index (χ3n) is 5.89. The Morgan fingerprint density at radius 2 is 1.90 bits per heavy atom. The third kappa shape index (κ3) is 4.12. The molecule has 1 saturated heterocycles. The molecule has 0 bridgehead atoms. The number of benzene rings is 1. The zero-order valence-corrected chi connectivity index (χ0v) is 18.3. The lowest BCUT2D eigenvalue weighted by molar-refractivity contribution is 0.0255. The number of anilines is 2. The van der Waals surface area contributed by atoms with Crippen LogP contribution < -0.4 is 26.2 Å². The number of aromatic nitrogens is 2. The summed E-state index contributed by atoms with van der Waals surface area (Å²) in [7, 11) is 1.87. The average Bonchev–Trinajstić information content (AvgIpc) is 3.10. The number of rotatable bonds is 6. The predicted octanol–water partition coefficient (Wildman–Crippen LogP) is 2.51. The molecule has 0 aliphatic carbocycles. The molecule has 2 aliphatic heterocycles. The maximum Gasteiger partial charge on any atom is 0.332 e. The van der Waals surface area contributed by atoms with E-state index in [9.17, 15) is 9.59 Å². The highest BCUT2D eigenvalue weighted by molar-refractivity contribution is 5.73. The molecule has 0 spiro atoms. The Morgan fingerprint density at radius 1 is 1.16 bits per heavy atom. The molecular weight excluding hydrogens is 396 g/mol. The second-order valence-electron chi connectivity index (χ2n) is 7.83. The Morgan fingerprint density at radius 3 is 2.61 bits per heavy atom. The van der Waals surface area contributed by atoms with E-state index in [2.05, 4.69) is 5.32 Å². The Balaban J connectivity index is 1.55.